The lowest BCUT2D eigenvalue weighted by atomic mass is 10.3. The molecule has 4 rings (SSSR count). The lowest BCUT2D eigenvalue weighted by molar-refractivity contribution is -0.132. The molecule has 0 N–H and O–H groups in total. The third kappa shape index (κ3) is 3.92. The van der Waals surface area contributed by atoms with Gasteiger partial charge in [0, 0.05) is 45.2 Å². The van der Waals surface area contributed by atoms with Crippen LogP contribution in [0.4, 0.5) is 8.78 Å². The number of para-hydroxylation sites is 2. The molecule has 1 aliphatic heterocycles. The molecule has 0 unspecified atom stereocenters. The average Bonchev–Trinajstić information content (AvgIpc) is 3.15. The van der Waals surface area contributed by atoms with Crippen LogP contribution in [0, 0.1) is 11.6 Å². The molecule has 1 amide bonds. The van der Waals surface area contributed by atoms with Gasteiger partial charge in [0.25, 0.3) is 0 Å². The van der Waals surface area contributed by atoms with E-state index in [2.05, 4.69) is 4.98 Å². The van der Waals surface area contributed by atoms with Crippen molar-refractivity contribution in [3.63, 3.8) is 0 Å². The maximum absolute atomic E-state index is 13.9. The number of fused-ring (bicyclic) bond motifs is 1. The molecule has 0 spiro atoms. The monoisotopic (exact) mass is 434 g/mol. The topological polar surface area (TPSA) is 75.5 Å². The quantitative estimate of drug-likeness (QED) is 0.617. The first kappa shape index (κ1) is 20.4. The van der Waals surface area contributed by atoms with Gasteiger partial charge in [0.15, 0.2) is 0 Å². The van der Waals surface area contributed by atoms with Crippen LogP contribution in [0.15, 0.2) is 53.7 Å². The molecule has 7 nitrogen and oxygen atoms in total. The van der Waals surface area contributed by atoms with Gasteiger partial charge >= 0.3 is 0 Å². The van der Waals surface area contributed by atoms with E-state index in [-0.39, 0.29) is 38.5 Å². The number of piperazine rings is 1. The first-order valence-corrected chi connectivity index (χ1v) is 10.9. The summed E-state index contributed by atoms with van der Waals surface area (Å²) in [5.74, 6) is -2.05. The smallest absolute Gasteiger partial charge is 0.246 e. The number of halogens is 2. The number of carbonyl (C=O) groups excluding carboxylic acids is 1. The minimum absolute atomic E-state index is 0.0545. The summed E-state index contributed by atoms with van der Waals surface area (Å²) < 4.78 is 55.3. The summed E-state index contributed by atoms with van der Waals surface area (Å²) in [7, 11) is -4.09. The summed E-state index contributed by atoms with van der Waals surface area (Å²) in [6, 6.07) is 10.0. The second-order valence-electron chi connectivity index (χ2n) is 7.04. The van der Waals surface area contributed by atoms with E-state index in [9.17, 15) is 22.0 Å². The van der Waals surface area contributed by atoms with Crippen LogP contribution in [0.25, 0.3) is 11.0 Å². The molecule has 1 saturated heterocycles. The first-order valence-electron chi connectivity index (χ1n) is 9.49. The molecule has 0 aliphatic carbocycles. The van der Waals surface area contributed by atoms with Crippen LogP contribution >= 0.6 is 0 Å². The molecule has 1 aromatic heterocycles. The zero-order valence-corrected chi connectivity index (χ0v) is 16.9. The maximum Gasteiger partial charge on any atom is 0.246 e. The van der Waals surface area contributed by atoms with Crippen LogP contribution < -0.4 is 0 Å². The van der Waals surface area contributed by atoms with Crippen molar-refractivity contribution in [2.24, 2.45) is 0 Å². The minimum Gasteiger partial charge on any atom is -0.340 e. The van der Waals surface area contributed by atoms with Crippen LogP contribution in [0.2, 0.25) is 0 Å². The fourth-order valence-electron chi connectivity index (χ4n) is 3.56. The molecule has 0 bridgehead atoms. The van der Waals surface area contributed by atoms with Crippen molar-refractivity contribution in [1.29, 1.82) is 0 Å². The SMILES string of the molecule is O=C(CCn1cnc2ccccc21)N1CCN(S(=O)(=O)c2ccc(F)cc2F)CC1. The Bertz CT molecular complexity index is 1190. The second-order valence-corrected chi connectivity index (χ2v) is 8.94. The summed E-state index contributed by atoms with van der Waals surface area (Å²) in [4.78, 5) is 17.9. The highest BCUT2D eigenvalue weighted by molar-refractivity contribution is 7.89. The van der Waals surface area contributed by atoms with Crippen LogP contribution in [-0.2, 0) is 21.4 Å². The Kier molecular flexibility index (Phi) is 5.52. The summed E-state index contributed by atoms with van der Waals surface area (Å²) in [5.41, 5.74) is 1.80. The van der Waals surface area contributed by atoms with Gasteiger partial charge in [-0.1, -0.05) is 12.1 Å². The number of aromatic nitrogens is 2. The van der Waals surface area contributed by atoms with Crippen LogP contribution in [-0.4, -0.2) is 59.3 Å². The van der Waals surface area contributed by atoms with Gasteiger partial charge in [-0.05, 0) is 24.3 Å². The Balaban J connectivity index is 1.36. The summed E-state index contributed by atoms with van der Waals surface area (Å²) in [5, 5.41) is 0. The van der Waals surface area contributed by atoms with Crippen molar-refractivity contribution in [2.45, 2.75) is 17.9 Å². The zero-order chi connectivity index (χ0) is 21.3. The Morgan fingerprint density at radius 2 is 1.77 bits per heavy atom. The highest BCUT2D eigenvalue weighted by Gasteiger charge is 2.32. The zero-order valence-electron chi connectivity index (χ0n) is 16.0. The van der Waals surface area contributed by atoms with Crippen molar-refractivity contribution in [2.75, 3.05) is 26.2 Å². The van der Waals surface area contributed by atoms with E-state index < -0.39 is 26.6 Å². The molecule has 0 atom stereocenters. The first-order chi connectivity index (χ1) is 14.4. The summed E-state index contributed by atoms with van der Waals surface area (Å²) >= 11 is 0. The van der Waals surface area contributed by atoms with E-state index in [1.165, 1.54) is 0 Å². The summed E-state index contributed by atoms with van der Waals surface area (Å²) in [6.45, 7) is 1.01. The van der Waals surface area contributed by atoms with Gasteiger partial charge in [0.1, 0.15) is 16.5 Å². The van der Waals surface area contributed by atoms with Gasteiger partial charge in [-0.2, -0.15) is 4.31 Å². The van der Waals surface area contributed by atoms with E-state index >= 15 is 0 Å². The van der Waals surface area contributed by atoms with Crippen LogP contribution in [0.5, 0.6) is 0 Å². The molecule has 1 aliphatic rings. The number of imidazole rings is 1. The van der Waals surface area contributed by atoms with E-state index in [0.29, 0.717) is 12.6 Å². The molecule has 10 heteroatoms. The molecular formula is C20H20F2N4O3S. The fourth-order valence-corrected chi connectivity index (χ4v) is 5.03. The Morgan fingerprint density at radius 3 is 2.50 bits per heavy atom. The number of amides is 1. The van der Waals surface area contributed by atoms with E-state index in [1.807, 2.05) is 28.8 Å². The Morgan fingerprint density at radius 1 is 1.03 bits per heavy atom. The van der Waals surface area contributed by atoms with Gasteiger partial charge in [-0.15, -0.1) is 0 Å². The van der Waals surface area contributed by atoms with Crippen molar-refractivity contribution in [3.8, 4) is 0 Å². The Labute approximate surface area is 172 Å². The molecule has 0 radical (unpaired) electrons. The molecule has 158 valence electrons. The van der Waals surface area contributed by atoms with E-state index in [4.69, 9.17) is 0 Å². The maximum atomic E-state index is 13.9. The molecule has 1 fully saturated rings. The number of hydrogen-bond acceptors (Lipinski definition) is 4. The number of hydrogen-bond donors (Lipinski definition) is 0. The van der Waals surface area contributed by atoms with Gasteiger partial charge in [-0.3, -0.25) is 4.79 Å². The predicted molar refractivity (Wildman–Crippen MR) is 106 cm³/mol. The van der Waals surface area contributed by atoms with Crippen LogP contribution in [0.3, 0.4) is 0 Å². The third-order valence-corrected chi connectivity index (χ3v) is 7.13. The average molecular weight is 434 g/mol. The summed E-state index contributed by atoms with van der Waals surface area (Å²) in [6.07, 6.45) is 1.96. The number of aryl methyl sites for hydroxylation is 1. The Hall–Kier alpha value is -2.85. The van der Waals surface area contributed by atoms with Gasteiger partial charge in [0.2, 0.25) is 15.9 Å². The third-order valence-electron chi connectivity index (χ3n) is 5.20. The number of sulfonamides is 1. The largest absolute Gasteiger partial charge is 0.340 e. The molecular weight excluding hydrogens is 414 g/mol. The second kappa shape index (κ2) is 8.11. The minimum atomic E-state index is -4.09. The van der Waals surface area contributed by atoms with Gasteiger partial charge in [-0.25, -0.2) is 22.2 Å². The van der Waals surface area contributed by atoms with E-state index in [1.54, 1.807) is 11.2 Å². The van der Waals surface area contributed by atoms with Crippen molar-refractivity contribution in [3.05, 3.63) is 60.4 Å². The van der Waals surface area contributed by atoms with Crippen LogP contribution in [0.1, 0.15) is 6.42 Å². The highest BCUT2D eigenvalue weighted by Crippen LogP contribution is 2.22. The normalized spacial score (nSPS) is 15.6. The van der Waals surface area contributed by atoms with Gasteiger partial charge in [0.05, 0.1) is 17.4 Å². The van der Waals surface area contributed by atoms with Crippen molar-refractivity contribution in [1.82, 2.24) is 18.8 Å². The van der Waals surface area contributed by atoms with E-state index in [0.717, 1.165) is 27.5 Å². The molecule has 2 aromatic carbocycles. The molecule has 3 aromatic rings. The number of benzene rings is 2. The highest BCUT2D eigenvalue weighted by atomic mass is 32.2. The molecule has 2 heterocycles. The van der Waals surface area contributed by atoms with Crippen molar-refractivity contribution >= 4 is 27.0 Å². The molecule has 0 saturated carbocycles. The molecule has 30 heavy (non-hydrogen) atoms. The lowest BCUT2D eigenvalue weighted by Gasteiger charge is -2.34. The lowest BCUT2D eigenvalue weighted by Crippen LogP contribution is -2.50. The number of nitrogens with zero attached hydrogens (tertiary/aromatic N) is 4. The predicted octanol–water partition coefficient (Wildman–Crippen LogP) is 2.24. The fraction of sp³-hybridized carbons (Fsp3) is 0.300. The van der Waals surface area contributed by atoms with Gasteiger partial charge < -0.3 is 9.47 Å². The van der Waals surface area contributed by atoms with Crippen molar-refractivity contribution < 1.29 is 22.0 Å². The standard InChI is InChI=1S/C20H20F2N4O3S/c21-15-5-6-19(16(22)13-15)30(28,29)26-11-9-24(10-12-26)20(27)7-8-25-14-23-17-3-1-2-4-18(17)25/h1-6,13-14H,7-12H2. The number of rotatable bonds is 5. The number of carbonyl (C=O) groups is 1.